The monoisotopic (exact) mass is 1580 g/mol. The third-order valence-corrected chi connectivity index (χ3v) is 17.5. The number of rotatable bonds is 37. The first kappa shape index (κ1) is 110. The first-order valence-electron chi connectivity index (χ1n) is 39.2. The smallest absolute Gasteiger partial charge is 0.497 e. The van der Waals surface area contributed by atoms with Crippen molar-refractivity contribution in [1.29, 1.82) is 0 Å². The van der Waals surface area contributed by atoms with E-state index < -0.39 is 12.2 Å². The number of nitrogens with zero attached hydrogens (tertiary/aromatic N) is 8. The number of ether oxygens (including phenoxy) is 2. The summed E-state index contributed by atoms with van der Waals surface area (Å²) < 4.78 is 10.7. The molecular weight excluding hydrogens is 1430 g/mol. The second-order valence-electron chi connectivity index (χ2n) is 27.2. The number of nitrogens with one attached hydrogen (secondary N) is 3. The Hall–Kier alpha value is -5.95. The number of fused-ring (bicyclic) bond motifs is 3. The maximum absolute atomic E-state index is 10.2. The van der Waals surface area contributed by atoms with Gasteiger partial charge in [-0.3, -0.25) is 9.97 Å². The molecule has 27 heteroatoms. The minimum atomic E-state index is -0.514. The Morgan fingerprint density at radius 2 is 1.02 bits per heavy atom. The molecule has 110 heavy (non-hydrogen) atoms. The second kappa shape index (κ2) is 69.7. The largest absolute Gasteiger partial charge is 1.00 e. The van der Waals surface area contributed by atoms with Crippen LogP contribution in [0.25, 0.3) is 33.0 Å². The van der Waals surface area contributed by atoms with E-state index in [1.165, 1.54) is 44.9 Å². The number of aliphatic hydroxyl groups is 7. The number of aliphatic hydroxyl groups excluding tert-OH is 7. The number of methoxy groups -OCH3 is 2. The molecule has 16 N–H and O–H groups in total. The number of nitrogens with two attached hydrogens (primary N) is 3. The van der Waals surface area contributed by atoms with Crippen molar-refractivity contribution in [2.24, 2.45) is 29.2 Å². The minimum absolute atomic E-state index is 0. The van der Waals surface area contributed by atoms with Gasteiger partial charge in [0.05, 0.1) is 73.9 Å². The van der Waals surface area contributed by atoms with Gasteiger partial charge in [-0.05, 0) is 152 Å². The predicted octanol–water partition coefficient (Wildman–Crippen LogP) is 13.7. The van der Waals surface area contributed by atoms with Crippen molar-refractivity contribution >= 4 is 86.0 Å². The molecule has 5 aromatic heterocycles. The predicted molar refractivity (Wildman–Crippen MR) is 457 cm³/mol. The molecule has 0 bridgehead atoms. The third kappa shape index (κ3) is 50.9. The third-order valence-electron chi connectivity index (χ3n) is 17.1. The fourth-order valence-corrected chi connectivity index (χ4v) is 10.2. The molecule has 11 atom stereocenters. The van der Waals surface area contributed by atoms with Crippen molar-refractivity contribution < 1.29 is 68.9 Å². The van der Waals surface area contributed by atoms with E-state index in [1.54, 1.807) is 66.4 Å². The second-order valence-corrected chi connectivity index (χ2v) is 27.9. The number of carbonyl (C=O) groups is 1. The summed E-state index contributed by atoms with van der Waals surface area (Å²) in [4.78, 5) is 43.9. The minimum Gasteiger partial charge on any atom is -0.497 e. The van der Waals surface area contributed by atoms with Gasteiger partial charge in [-0.2, -0.15) is 9.97 Å². The standard InChI is InChI=1S/C23H31N5O3.C15H22N4O.C8H18O.C7H3Cl2N3.C7H17NO.C7H16O.C7H14O.C6H15NO.C2H6O.CH3.Li/c1-5-6-8-18(15(2)29)26-22-21-19(9-7-12-24-21)27-23(28-22)25-14-16-10-11-17(30-3)13-20(16)31-4;1-3-4-8-12(10(2)20)17-14-11-7-5-6-9-13(11)18-15(16)19-14;1-4-5-6-7(2)8(3)9;8-6-5-4(2-1-3-10-5)11-7(9)12-6;1-3-4-5-7(8)6(2)9;2*1-3-4-5-7(2)6-8;1-2-3-4-6(7)5-8;1-2-3;;/h7,9-13,15,18,29H,5-6,8,14H2,1-4H3,(H2,25,26,27,28);5-7,9-10,12,20H,3-4,8H2,1-2H3,(H3,16,17,18,19);7-9H,4-6H2,1-3H3;1-3H;6-7,9H,3-5,8H2,1-2H3;7-8H,3-6H2,1-2H3;6-7H,3-5H2,1-2H3;6,8H,2-5,7H2,1H3;3H,2H2,1H3;1H3;/q;;;;;;;;;-1;+1/t;;;;;7-;;6-;;;/m.....0.0.../s1. The Morgan fingerprint density at radius 1 is 0.527 bits per heavy atom. The van der Waals surface area contributed by atoms with Crippen LogP contribution in [-0.4, -0.2) is 165 Å². The number of nitrogen functional groups attached to an aromatic ring is 1. The molecular formula is C83H145Cl2LiN14O10. The molecule has 0 saturated carbocycles. The van der Waals surface area contributed by atoms with E-state index in [4.69, 9.17) is 75.4 Å². The van der Waals surface area contributed by atoms with Crippen molar-refractivity contribution in [2.45, 2.75) is 294 Å². The molecule has 2 aromatic carbocycles. The van der Waals surface area contributed by atoms with Gasteiger partial charge >= 0.3 is 18.9 Å². The van der Waals surface area contributed by atoms with Gasteiger partial charge in [0, 0.05) is 67.2 Å². The van der Waals surface area contributed by atoms with Crippen LogP contribution in [0, 0.1) is 25.2 Å². The number of unbranched alkanes of at least 4 members (excludes halogenated alkanes) is 7. The molecule has 0 amide bonds. The van der Waals surface area contributed by atoms with Crippen molar-refractivity contribution in [1.82, 2.24) is 39.9 Å². The Labute approximate surface area is 683 Å². The first-order chi connectivity index (χ1) is 51.6. The quantitative estimate of drug-likeness (QED) is 0.00565. The Kier molecular flexibility index (Phi) is 70.0. The number of para-hydroxylation sites is 1. The number of aromatic nitrogens is 8. The van der Waals surface area contributed by atoms with Crippen molar-refractivity contribution in [3.8, 4) is 11.5 Å². The van der Waals surface area contributed by atoms with Crippen LogP contribution >= 0.6 is 23.2 Å². The number of carbonyl (C=O) groups excluding carboxylic acids is 1. The number of pyridine rings is 2. The Morgan fingerprint density at radius 3 is 1.52 bits per heavy atom. The number of hydrogen-bond donors (Lipinski definition) is 13. The van der Waals surface area contributed by atoms with Crippen molar-refractivity contribution in [2.75, 3.05) is 55.7 Å². The summed E-state index contributed by atoms with van der Waals surface area (Å²) in [5.41, 5.74) is 21.1. The zero-order chi connectivity index (χ0) is 81.8. The summed E-state index contributed by atoms with van der Waals surface area (Å²) in [6.07, 6.45) is 26.1. The first-order valence-corrected chi connectivity index (χ1v) is 40.0. The van der Waals surface area contributed by atoms with Gasteiger partial charge in [0.15, 0.2) is 11.0 Å². The van der Waals surface area contributed by atoms with Crippen LogP contribution < -0.4 is 61.5 Å². The molecule has 0 aliphatic heterocycles. The van der Waals surface area contributed by atoms with Gasteiger partial charge in [0.25, 0.3) is 0 Å². The average molecular weight is 1580 g/mol. The van der Waals surface area contributed by atoms with E-state index in [2.05, 4.69) is 118 Å². The van der Waals surface area contributed by atoms with Gasteiger partial charge in [-0.25, -0.2) is 19.9 Å². The fourth-order valence-electron chi connectivity index (χ4n) is 9.74. The van der Waals surface area contributed by atoms with Gasteiger partial charge in [0.1, 0.15) is 34.6 Å². The van der Waals surface area contributed by atoms with Gasteiger partial charge < -0.3 is 90.6 Å². The van der Waals surface area contributed by atoms with E-state index in [0.717, 1.165) is 130 Å². The van der Waals surface area contributed by atoms with Gasteiger partial charge in [-0.15, -0.1) is 0 Å². The zero-order valence-corrected chi connectivity index (χ0v) is 72.0. The topological polar surface area (TPSA) is 394 Å². The summed E-state index contributed by atoms with van der Waals surface area (Å²) in [6, 6.07) is 20.5. The molecule has 7 rings (SSSR count). The van der Waals surface area contributed by atoms with Crippen LogP contribution in [-0.2, 0) is 11.3 Å². The Bertz CT molecular complexity index is 3310. The number of halogens is 2. The van der Waals surface area contributed by atoms with Crippen LogP contribution in [0.3, 0.4) is 0 Å². The maximum atomic E-state index is 10.2. The van der Waals surface area contributed by atoms with Crippen molar-refractivity contribution in [3.05, 3.63) is 103 Å². The van der Waals surface area contributed by atoms with Crippen LogP contribution in [0.1, 0.15) is 244 Å². The van der Waals surface area contributed by atoms with Crippen molar-refractivity contribution in [3.63, 3.8) is 0 Å². The van der Waals surface area contributed by atoms with Gasteiger partial charge in [0.2, 0.25) is 17.2 Å². The zero-order valence-electron chi connectivity index (χ0n) is 70.5. The summed E-state index contributed by atoms with van der Waals surface area (Å²) in [5, 5.41) is 74.0. The summed E-state index contributed by atoms with van der Waals surface area (Å²) in [6.45, 7) is 31.2. The molecule has 0 aliphatic carbocycles. The fraction of sp³-hybridized carbons (Fsp3) is 0.639. The normalized spacial score (nSPS) is 13.3. The molecule has 0 saturated heterocycles. The SMILES string of the molecule is CCCCC(C)C(C)O.CCCCC(C)C=O.CCCCC(N)C(C)O.CCCCC(Nc1nc(N)nc2ccccc12)C(C)O.CCCCC(Nc1nc(NCc2ccc(OC)cc2OC)nc2cccnc12)C(C)O.CCCC[C@H](C)CO.CCCC[C@H](N)CO.CCO.Clc1nc(Cl)c2ncccc2n1.[CH3-].[Li+]. The van der Waals surface area contributed by atoms with Crippen LogP contribution in [0.2, 0.25) is 10.4 Å². The summed E-state index contributed by atoms with van der Waals surface area (Å²) in [7, 11) is 3.25. The molecule has 0 spiro atoms. The number of hydrogen-bond acceptors (Lipinski definition) is 24. The maximum Gasteiger partial charge on any atom is 1.00 e. The van der Waals surface area contributed by atoms with Gasteiger partial charge in [-0.1, -0.05) is 183 Å². The van der Waals surface area contributed by atoms with Crippen LogP contribution in [0.4, 0.5) is 23.5 Å². The van der Waals surface area contributed by atoms with E-state index in [0.29, 0.717) is 59.1 Å². The molecule has 7 aromatic rings. The molecule has 0 radical (unpaired) electrons. The Balaban J connectivity index is -0.000000618. The molecule has 0 aliphatic rings. The van der Waals surface area contributed by atoms with E-state index in [1.807, 2.05) is 68.4 Å². The number of aldehydes is 1. The van der Waals surface area contributed by atoms with E-state index in [-0.39, 0.29) is 98.2 Å². The number of benzene rings is 2. The molecule has 24 nitrogen and oxygen atoms in total. The number of anilines is 4. The average Bonchev–Trinajstić information content (AvgIpc) is 0.797. The van der Waals surface area contributed by atoms with Crippen LogP contribution in [0.5, 0.6) is 11.5 Å². The molecule has 0 fully saturated rings. The van der Waals surface area contributed by atoms with Crippen LogP contribution in [0.15, 0.2) is 79.1 Å². The molecule has 5 heterocycles. The summed E-state index contributed by atoms with van der Waals surface area (Å²) in [5.74, 6) is 4.73. The molecule has 9 unspecified atom stereocenters. The van der Waals surface area contributed by atoms with E-state index >= 15 is 0 Å². The van der Waals surface area contributed by atoms with E-state index in [9.17, 15) is 15.0 Å². The summed E-state index contributed by atoms with van der Waals surface area (Å²) >= 11 is 11.4. The molecule has 622 valence electrons.